The average molecular weight is 405 g/mol. The van der Waals surface area contributed by atoms with Gasteiger partial charge in [0.15, 0.2) is 0 Å². The minimum absolute atomic E-state index is 0.121. The van der Waals surface area contributed by atoms with Gasteiger partial charge in [0.05, 0.1) is 41.6 Å². The van der Waals surface area contributed by atoms with Gasteiger partial charge in [0.25, 0.3) is 5.69 Å². The molecule has 0 amide bonds. The summed E-state index contributed by atoms with van der Waals surface area (Å²) in [7, 11) is -3.51. The molecule has 1 fully saturated rings. The number of benzene rings is 2. The maximum Gasteiger partial charge on any atom is 0.278 e. The first kappa shape index (κ1) is 20.4. The van der Waals surface area contributed by atoms with Crippen LogP contribution in [0.2, 0.25) is 0 Å². The molecule has 0 bridgehead atoms. The number of nitrogens with zero attached hydrogens (tertiary/aromatic N) is 2. The molecular formula is C20H26N3O4S+. The van der Waals surface area contributed by atoms with Gasteiger partial charge in [-0.05, 0) is 29.7 Å². The Hall–Kier alpha value is -2.29. The van der Waals surface area contributed by atoms with Crippen LogP contribution in [0.15, 0.2) is 53.4 Å². The van der Waals surface area contributed by atoms with E-state index in [-0.39, 0.29) is 10.6 Å². The van der Waals surface area contributed by atoms with Gasteiger partial charge in [-0.25, -0.2) is 8.42 Å². The molecule has 0 aromatic heterocycles. The summed E-state index contributed by atoms with van der Waals surface area (Å²) in [4.78, 5) is 12.3. The second kappa shape index (κ2) is 8.38. The van der Waals surface area contributed by atoms with E-state index in [0.29, 0.717) is 49.1 Å². The van der Waals surface area contributed by atoms with Crippen molar-refractivity contribution >= 4 is 15.7 Å². The van der Waals surface area contributed by atoms with Gasteiger partial charge in [-0.1, -0.05) is 38.1 Å². The van der Waals surface area contributed by atoms with Gasteiger partial charge in [0.2, 0.25) is 10.0 Å². The number of hydrogen-bond donors (Lipinski definition) is 1. The Bertz CT molecular complexity index is 934. The Morgan fingerprint density at radius 3 is 2.25 bits per heavy atom. The van der Waals surface area contributed by atoms with Gasteiger partial charge in [-0.2, -0.15) is 4.31 Å². The number of para-hydroxylation sites is 1. The van der Waals surface area contributed by atoms with E-state index >= 15 is 0 Å². The summed E-state index contributed by atoms with van der Waals surface area (Å²) < 4.78 is 27.3. The molecule has 150 valence electrons. The highest BCUT2D eigenvalue weighted by Gasteiger charge is 2.31. The number of quaternary nitrogens is 1. The molecule has 0 atom stereocenters. The largest absolute Gasteiger partial charge is 0.329 e. The van der Waals surface area contributed by atoms with Crippen molar-refractivity contribution in [3.63, 3.8) is 0 Å². The van der Waals surface area contributed by atoms with Crippen LogP contribution in [-0.4, -0.2) is 43.8 Å². The summed E-state index contributed by atoms with van der Waals surface area (Å²) in [6.07, 6.45) is 0. The second-order valence-corrected chi connectivity index (χ2v) is 9.38. The molecule has 1 N–H and O–H groups in total. The standard InChI is InChI=1S/C20H25N3O4S/c1-16(2)17-7-9-19(10-8-17)28(26,27)22-13-11-21(12-14-22)15-18-5-3-4-6-20(18)23(24)25/h3-10,16H,11-15H2,1-2H3/p+1. The number of nitro groups is 1. The molecule has 0 unspecified atom stereocenters. The van der Waals surface area contributed by atoms with E-state index in [0.717, 1.165) is 10.5 Å². The number of rotatable bonds is 6. The van der Waals surface area contributed by atoms with Crippen LogP contribution in [0.4, 0.5) is 5.69 Å². The van der Waals surface area contributed by atoms with Crippen LogP contribution in [0, 0.1) is 10.1 Å². The first-order valence-electron chi connectivity index (χ1n) is 9.45. The van der Waals surface area contributed by atoms with Crippen molar-refractivity contribution < 1.29 is 18.2 Å². The van der Waals surface area contributed by atoms with Gasteiger partial charge in [-0.15, -0.1) is 0 Å². The third-order valence-electron chi connectivity index (χ3n) is 5.24. The molecule has 2 aromatic carbocycles. The van der Waals surface area contributed by atoms with Gasteiger partial charge in [0.1, 0.15) is 6.54 Å². The summed E-state index contributed by atoms with van der Waals surface area (Å²) in [5.74, 6) is 0.353. The van der Waals surface area contributed by atoms with E-state index in [9.17, 15) is 18.5 Å². The fourth-order valence-electron chi connectivity index (χ4n) is 3.50. The minimum Gasteiger partial charge on any atom is -0.329 e. The van der Waals surface area contributed by atoms with E-state index in [1.807, 2.05) is 12.1 Å². The molecule has 0 spiro atoms. The summed E-state index contributed by atoms with van der Waals surface area (Å²) in [5, 5.41) is 11.2. The lowest BCUT2D eigenvalue weighted by molar-refractivity contribution is -0.917. The first-order valence-corrected chi connectivity index (χ1v) is 10.9. The maximum atomic E-state index is 12.9. The molecule has 7 nitrogen and oxygen atoms in total. The summed E-state index contributed by atoms with van der Waals surface area (Å²) in [6, 6.07) is 13.8. The lowest BCUT2D eigenvalue weighted by Crippen LogP contribution is -3.13. The highest BCUT2D eigenvalue weighted by Crippen LogP contribution is 2.20. The van der Waals surface area contributed by atoms with E-state index in [2.05, 4.69) is 13.8 Å². The molecule has 0 saturated carbocycles. The van der Waals surface area contributed by atoms with Crippen LogP contribution in [0.25, 0.3) is 0 Å². The minimum atomic E-state index is -3.51. The summed E-state index contributed by atoms with van der Waals surface area (Å²) >= 11 is 0. The van der Waals surface area contributed by atoms with Crippen molar-refractivity contribution in [2.75, 3.05) is 26.2 Å². The van der Waals surface area contributed by atoms with Gasteiger partial charge in [-0.3, -0.25) is 10.1 Å². The number of piperazine rings is 1. The summed E-state index contributed by atoms with van der Waals surface area (Å²) in [6.45, 7) is 6.72. The predicted molar refractivity (Wildman–Crippen MR) is 107 cm³/mol. The lowest BCUT2D eigenvalue weighted by atomic mass is 10.0. The Labute approximate surface area is 165 Å². The van der Waals surface area contributed by atoms with Crippen LogP contribution in [-0.2, 0) is 16.6 Å². The number of nitro benzene ring substituents is 1. The molecule has 1 aliphatic heterocycles. The van der Waals surface area contributed by atoms with Crippen LogP contribution in [0.5, 0.6) is 0 Å². The SMILES string of the molecule is CC(C)c1ccc(S(=O)(=O)N2CC[NH+](Cc3ccccc3[N+](=O)[O-])CC2)cc1. The number of nitrogens with one attached hydrogen (secondary N) is 1. The van der Waals surface area contributed by atoms with Crippen molar-refractivity contribution in [2.45, 2.75) is 31.2 Å². The van der Waals surface area contributed by atoms with Gasteiger partial charge < -0.3 is 4.90 Å². The van der Waals surface area contributed by atoms with E-state index < -0.39 is 10.0 Å². The number of hydrogen-bond acceptors (Lipinski definition) is 4. The van der Waals surface area contributed by atoms with E-state index in [1.54, 1.807) is 30.3 Å². The molecule has 0 aliphatic carbocycles. The Morgan fingerprint density at radius 1 is 1.07 bits per heavy atom. The van der Waals surface area contributed by atoms with Crippen molar-refractivity contribution in [2.24, 2.45) is 0 Å². The summed E-state index contributed by atoms with van der Waals surface area (Å²) in [5.41, 5.74) is 1.91. The zero-order chi connectivity index (χ0) is 20.3. The molecule has 28 heavy (non-hydrogen) atoms. The zero-order valence-corrected chi connectivity index (χ0v) is 17.0. The molecule has 0 radical (unpaired) electrons. The van der Waals surface area contributed by atoms with Crippen LogP contribution < -0.4 is 4.90 Å². The number of sulfonamides is 1. The molecule has 1 aliphatic rings. The Morgan fingerprint density at radius 2 is 1.68 bits per heavy atom. The molecule has 8 heteroatoms. The second-order valence-electron chi connectivity index (χ2n) is 7.44. The van der Waals surface area contributed by atoms with Crippen LogP contribution >= 0.6 is 0 Å². The molecule has 3 rings (SSSR count). The molecule has 1 saturated heterocycles. The maximum absolute atomic E-state index is 12.9. The van der Waals surface area contributed by atoms with Gasteiger partial charge in [0, 0.05) is 6.07 Å². The van der Waals surface area contributed by atoms with Crippen molar-refractivity contribution in [3.05, 3.63) is 69.8 Å². The zero-order valence-electron chi connectivity index (χ0n) is 16.2. The van der Waals surface area contributed by atoms with Crippen molar-refractivity contribution in [1.82, 2.24) is 4.31 Å². The monoisotopic (exact) mass is 404 g/mol. The van der Waals surface area contributed by atoms with Crippen molar-refractivity contribution in [1.29, 1.82) is 0 Å². The quantitative estimate of drug-likeness (QED) is 0.588. The predicted octanol–water partition coefficient (Wildman–Crippen LogP) is 1.81. The normalized spacial score (nSPS) is 16.4. The molecule has 2 aromatic rings. The van der Waals surface area contributed by atoms with Crippen LogP contribution in [0.1, 0.15) is 30.9 Å². The van der Waals surface area contributed by atoms with E-state index in [1.165, 1.54) is 10.4 Å². The van der Waals surface area contributed by atoms with Gasteiger partial charge >= 0.3 is 0 Å². The average Bonchev–Trinajstić information content (AvgIpc) is 2.68. The highest BCUT2D eigenvalue weighted by molar-refractivity contribution is 7.89. The third kappa shape index (κ3) is 4.40. The molecule has 1 heterocycles. The Kier molecular flexibility index (Phi) is 6.12. The van der Waals surface area contributed by atoms with E-state index in [4.69, 9.17) is 0 Å². The first-order chi connectivity index (χ1) is 13.3. The molecular weight excluding hydrogens is 378 g/mol. The Balaban J connectivity index is 1.65. The topological polar surface area (TPSA) is 85.0 Å². The smallest absolute Gasteiger partial charge is 0.278 e. The highest BCUT2D eigenvalue weighted by atomic mass is 32.2. The fraction of sp³-hybridized carbons (Fsp3) is 0.400. The lowest BCUT2D eigenvalue weighted by Gasteiger charge is -2.31. The van der Waals surface area contributed by atoms with Crippen molar-refractivity contribution in [3.8, 4) is 0 Å². The fourth-order valence-corrected chi connectivity index (χ4v) is 4.94. The van der Waals surface area contributed by atoms with Crippen LogP contribution in [0.3, 0.4) is 0 Å². The third-order valence-corrected chi connectivity index (χ3v) is 7.16.